The zero-order chi connectivity index (χ0) is 10.7. The summed E-state index contributed by atoms with van der Waals surface area (Å²) < 4.78 is 3.99. The van der Waals surface area contributed by atoms with Crippen LogP contribution in [-0.2, 0) is 6.54 Å². The molecule has 0 spiro atoms. The molecule has 1 saturated heterocycles. The Morgan fingerprint density at radius 1 is 1.60 bits per heavy atom. The lowest BCUT2D eigenvalue weighted by Gasteiger charge is -2.22. The summed E-state index contributed by atoms with van der Waals surface area (Å²) in [6.45, 7) is 4.42. The number of nitrogens with zero attached hydrogens (tertiary/aromatic N) is 3. The van der Waals surface area contributed by atoms with Crippen molar-refractivity contribution in [3.8, 4) is 0 Å². The Labute approximate surface area is 94.8 Å². The predicted molar refractivity (Wildman–Crippen MR) is 63.2 cm³/mol. The molecule has 1 unspecified atom stereocenters. The molecule has 2 heterocycles. The lowest BCUT2D eigenvalue weighted by atomic mass is 10.2. The molecule has 0 bridgehead atoms. The molecule has 1 aliphatic rings. The van der Waals surface area contributed by atoms with Crippen LogP contribution in [0.2, 0.25) is 0 Å². The van der Waals surface area contributed by atoms with Gasteiger partial charge in [-0.15, -0.1) is 5.10 Å². The van der Waals surface area contributed by atoms with E-state index in [1.165, 1.54) is 37.3 Å². The van der Waals surface area contributed by atoms with E-state index in [0.717, 1.165) is 23.3 Å². The maximum absolute atomic E-state index is 4.18. The van der Waals surface area contributed by atoms with Crippen molar-refractivity contribution >= 4 is 16.5 Å². The van der Waals surface area contributed by atoms with E-state index in [2.05, 4.69) is 26.7 Å². The normalized spacial score (nSPS) is 22.1. The first-order chi connectivity index (χ1) is 7.35. The van der Waals surface area contributed by atoms with Gasteiger partial charge in [0.05, 0.1) is 0 Å². The second-order valence-electron chi connectivity index (χ2n) is 3.97. The molecule has 1 aliphatic heterocycles. The van der Waals surface area contributed by atoms with Crippen LogP contribution in [0.4, 0.5) is 5.00 Å². The number of hydrogen-bond donors (Lipinski definition) is 1. The minimum atomic E-state index is 0.747. The van der Waals surface area contributed by atoms with Crippen molar-refractivity contribution in [2.75, 3.05) is 18.9 Å². The fourth-order valence-corrected chi connectivity index (χ4v) is 2.78. The van der Waals surface area contributed by atoms with Gasteiger partial charge < -0.3 is 5.32 Å². The van der Waals surface area contributed by atoms with Crippen LogP contribution >= 0.6 is 11.5 Å². The quantitative estimate of drug-likeness (QED) is 0.852. The highest BCUT2D eigenvalue weighted by Gasteiger charge is 2.24. The van der Waals surface area contributed by atoms with Crippen LogP contribution in [-0.4, -0.2) is 34.1 Å². The Hall–Kier alpha value is -0.680. The SMILES string of the molecule is CCC1CCCN1Cc1nnsc1NC. The largest absolute Gasteiger partial charge is 0.377 e. The van der Waals surface area contributed by atoms with Gasteiger partial charge in [-0.1, -0.05) is 11.4 Å². The number of hydrogen-bond acceptors (Lipinski definition) is 5. The topological polar surface area (TPSA) is 41.1 Å². The van der Waals surface area contributed by atoms with Gasteiger partial charge in [0.2, 0.25) is 0 Å². The van der Waals surface area contributed by atoms with Crippen LogP contribution in [0, 0.1) is 0 Å². The zero-order valence-corrected chi connectivity index (χ0v) is 10.2. The van der Waals surface area contributed by atoms with Gasteiger partial charge >= 0.3 is 0 Å². The fourth-order valence-electron chi connectivity index (χ4n) is 2.26. The minimum absolute atomic E-state index is 0.747. The molecule has 0 aliphatic carbocycles. The molecule has 1 atom stereocenters. The van der Waals surface area contributed by atoms with Crippen LogP contribution in [0.5, 0.6) is 0 Å². The highest BCUT2D eigenvalue weighted by atomic mass is 32.1. The van der Waals surface area contributed by atoms with Crippen LogP contribution < -0.4 is 5.32 Å². The van der Waals surface area contributed by atoms with Crippen molar-refractivity contribution in [3.63, 3.8) is 0 Å². The summed E-state index contributed by atoms with van der Waals surface area (Å²) in [6.07, 6.45) is 3.90. The van der Waals surface area contributed by atoms with Crippen molar-refractivity contribution in [2.24, 2.45) is 0 Å². The maximum atomic E-state index is 4.18. The monoisotopic (exact) mass is 226 g/mol. The number of rotatable bonds is 4. The summed E-state index contributed by atoms with van der Waals surface area (Å²) in [7, 11) is 1.93. The molecule has 4 nitrogen and oxygen atoms in total. The van der Waals surface area contributed by atoms with Crippen molar-refractivity contribution in [3.05, 3.63) is 5.69 Å². The van der Waals surface area contributed by atoms with E-state index in [4.69, 9.17) is 0 Å². The fraction of sp³-hybridized carbons (Fsp3) is 0.800. The van der Waals surface area contributed by atoms with E-state index >= 15 is 0 Å². The average molecular weight is 226 g/mol. The van der Waals surface area contributed by atoms with Crippen LogP contribution in [0.3, 0.4) is 0 Å². The zero-order valence-electron chi connectivity index (χ0n) is 9.36. The summed E-state index contributed by atoms with van der Waals surface area (Å²) in [5.41, 5.74) is 1.10. The predicted octanol–water partition coefficient (Wildman–Crippen LogP) is 1.95. The second kappa shape index (κ2) is 4.90. The van der Waals surface area contributed by atoms with Crippen molar-refractivity contribution in [1.29, 1.82) is 0 Å². The molecule has 15 heavy (non-hydrogen) atoms. The van der Waals surface area contributed by atoms with Crippen molar-refractivity contribution < 1.29 is 0 Å². The molecule has 84 valence electrons. The lowest BCUT2D eigenvalue weighted by Crippen LogP contribution is -2.28. The Morgan fingerprint density at radius 2 is 2.47 bits per heavy atom. The van der Waals surface area contributed by atoms with Gasteiger partial charge in [-0.2, -0.15) is 0 Å². The molecule has 5 heteroatoms. The molecule has 0 saturated carbocycles. The van der Waals surface area contributed by atoms with Crippen molar-refractivity contribution in [2.45, 2.75) is 38.8 Å². The molecule has 1 aromatic rings. The standard InChI is InChI=1S/C10H18N4S/c1-3-8-5-4-6-14(8)7-9-10(11-2)15-13-12-9/h8,11H,3-7H2,1-2H3. The van der Waals surface area contributed by atoms with Crippen LogP contribution in [0.1, 0.15) is 31.9 Å². The molecular weight excluding hydrogens is 208 g/mol. The van der Waals surface area contributed by atoms with E-state index in [1.54, 1.807) is 0 Å². The first-order valence-corrected chi connectivity index (χ1v) is 6.35. The molecular formula is C10H18N4S. The molecule has 0 aromatic carbocycles. The molecule has 1 N–H and O–H groups in total. The van der Waals surface area contributed by atoms with Gasteiger partial charge in [-0.05, 0) is 25.8 Å². The highest BCUT2D eigenvalue weighted by molar-refractivity contribution is 7.10. The Bertz CT molecular complexity index is 312. The number of likely N-dealkylation sites (tertiary alicyclic amines) is 1. The third-order valence-corrected chi connectivity index (χ3v) is 3.89. The molecule has 0 radical (unpaired) electrons. The highest BCUT2D eigenvalue weighted by Crippen LogP contribution is 2.25. The molecule has 1 fully saturated rings. The number of aromatic nitrogens is 2. The summed E-state index contributed by atoms with van der Waals surface area (Å²) in [5, 5.41) is 8.44. The van der Waals surface area contributed by atoms with Gasteiger partial charge in [-0.25, -0.2) is 0 Å². The van der Waals surface area contributed by atoms with Crippen LogP contribution in [0.25, 0.3) is 0 Å². The van der Waals surface area contributed by atoms with Gasteiger partial charge in [0.1, 0.15) is 10.7 Å². The van der Waals surface area contributed by atoms with E-state index in [0.29, 0.717) is 0 Å². The van der Waals surface area contributed by atoms with Gasteiger partial charge in [0.15, 0.2) is 0 Å². The Balaban J connectivity index is 2.01. The Kier molecular flexibility index (Phi) is 3.53. The van der Waals surface area contributed by atoms with Gasteiger partial charge in [0, 0.05) is 31.2 Å². The average Bonchev–Trinajstić information content (AvgIpc) is 2.87. The summed E-state index contributed by atoms with van der Waals surface area (Å²) >= 11 is 1.44. The molecule has 2 rings (SSSR count). The first kappa shape index (κ1) is 10.8. The molecule has 0 amide bonds. The number of nitrogens with one attached hydrogen (secondary N) is 1. The Morgan fingerprint density at radius 3 is 3.20 bits per heavy atom. The smallest absolute Gasteiger partial charge is 0.134 e. The van der Waals surface area contributed by atoms with E-state index in [1.807, 2.05) is 7.05 Å². The van der Waals surface area contributed by atoms with Gasteiger partial charge in [0.25, 0.3) is 0 Å². The third kappa shape index (κ3) is 2.29. The lowest BCUT2D eigenvalue weighted by molar-refractivity contribution is 0.237. The third-order valence-electron chi connectivity index (χ3n) is 3.11. The molecule has 1 aromatic heterocycles. The maximum Gasteiger partial charge on any atom is 0.134 e. The van der Waals surface area contributed by atoms with E-state index < -0.39 is 0 Å². The summed E-state index contributed by atoms with van der Waals surface area (Å²) in [5.74, 6) is 0. The summed E-state index contributed by atoms with van der Waals surface area (Å²) in [4.78, 5) is 2.53. The van der Waals surface area contributed by atoms with Crippen LogP contribution in [0.15, 0.2) is 0 Å². The first-order valence-electron chi connectivity index (χ1n) is 5.58. The second-order valence-corrected chi connectivity index (χ2v) is 4.73. The van der Waals surface area contributed by atoms with Gasteiger partial charge in [-0.3, -0.25) is 4.90 Å². The van der Waals surface area contributed by atoms with E-state index in [9.17, 15) is 0 Å². The summed E-state index contributed by atoms with van der Waals surface area (Å²) in [6, 6.07) is 0.747. The number of anilines is 1. The van der Waals surface area contributed by atoms with E-state index in [-0.39, 0.29) is 0 Å². The minimum Gasteiger partial charge on any atom is -0.377 e. The van der Waals surface area contributed by atoms with Crippen molar-refractivity contribution in [1.82, 2.24) is 14.5 Å².